The first-order valence-corrected chi connectivity index (χ1v) is 5.60. The summed E-state index contributed by atoms with van der Waals surface area (Å²) in [5, 5.41) is 8.53. The first-order chi connectivity index (χ1) is 7.77. The smallest absolute Gasteiger partial charge is 0.246 e. The van der Waals surface area contributed by atoms with Crippen LogP contribution in [-0.2, 0) is 9.53 Å². The van der Waals surface area contributed by atoms with Crippen LogP contribution in [0.5, 0.6) is 0 Å². The number of carbonyl (C=O) groups is 1. The quantitative estimate of drug-likeness (QED) is 0.484. The largest absolute Gasteiger partial charge is 0.394 e. The van der Waals surface area contributed by atoms with Crippen molar-refractivity contribution < 1.29 is 14.6 Å². The summed E-state index contributed by atoms with van der Waals surface area (Å²) in [5.74, 6) is 0.0104. The van der Waals surface area contributed by atoms with Gasteiger partial charge in [-0.15, -0.1) is 0 Å². The lowest BCUT2D eigenvalue weighted by Gasteiger charge is -2.34. The van der Waals surface area contributed by atoms with Crippen molar-refractivity contribution in [3.8, 4) is 0 Å². The van der Waals surface area contributed by atoms with Crippen LogP contribution in [0.2, 0.25) is 0 Å². The summed E-state index contributed by atoms with van der Waals surface area (Å²) in [6.07, 6.45) is 1.36. The summed E-state index contributed by atoms with van der Waals surface area (Å²) in [4.78, 5) is 15.4. The Bertz CT molecular complexity index is 225. The van der Waals surface area contributed by atoms with Crippen molar-refractivity contribution in [2.75, 3.05) is 52.5 Å². The van der Waals surface area contributed by atoms with Gasteiger partial charge in [-0.3, -0.25) is 9.69 Å². The van der Waals surface area contributed by atoms with Crippen molar-refractivity contribution in [2.24, 2.45) is 0 Å². The first-order valence-electron chi connectivity index (χ1n) is 5.60. The Morgan fingerprint density at radius 2 is 2.00 bits per heavy atom. The molecule has 5 nitrogen and oxygen atoms in total. The zero-order valence-electron chi connectivity index (χ0n) is 9.60. The maximum Gasteiger partial charge on any atom is 0.246 e. The van der Waals surface area contributed by atoms with Gasteiger partial charge in [-0.1, -0.05) is 6.58 Å². The van der Waals surface area contributed by atoms with E-state index in [0.29, 0.717) is 13.2 Å². The van der Waals surface area contributed by atoms with Crippen LogP contribution in [0.4, 0.5) is 0 Å². The number of aliphatic hydroxyl groups is 1. The number of hydrogen-bond donors (Lipinski definition) is 1. The van der Waals surface area contributed by atoms with Gasteiger partial charge in [0.2, 0.25) is 5.91 Å². The van der Waals surface area contributed by atoms with Crippen molar-refractivity contribution in [2.45, 2.75) is 0 Å². The fraction of sp³-hybridized carbons (Fsp3) is 0.727. The molecular formula is C11H20N2O3. The van der Waals surface area contributed by atoms with Gasteiger partial charge in [-0.05, 0) is 6.08 Å². The van der Waals surface area contributed by atoms with Crippen LogP contribution in [0.15, 0.2) is 12.7 Å². The zero-order valence-corrected chi connectivity index (χ0v) is 9.60. The average molecular weight is 228 g/mol. The number of carbonyl (C=O) groups excluding carboxylic acids is 1. The highest BCUT2D eigenvalue weighted by Gasteiger charge is 2.18. The van der Waals surface area contributed by atoms with Gasteiger partial charge in [0.25, 0.3) is 0 Å². The fourth-order valence-corrected chi connectivity index (χ4v) is 1.68. The van der Waals surface area contributed by atoms with Crippen LogP contribution in [0.25, 0.3) is 0 Å². The van der Waals surface area contributed by atoms with Crippen molar-refractivity contribution >= 4 is 5.91 Å². The van der Waals surface area contributed by atoms with Gasteiger partial charge < -0.3 is 14.7 Å². The lowest BCUT2D eigenvalue weighted by Crippen LogP contribution is -2.49. The van der Waals surface area contributed by atoms with Crippen LogP contribution in [0.1, 0.15) is 0 Å². The summed E-state index contributed by atoms with van der Waals surface area (Å²) < 4.78 is 5.19. The molecule has 0 aliphatic carbocycles. The monoisotopic (exact) mass is 228 g/mol. The van der Waals surface area contributed by atoms with E-state index < -0.39 is 0 Å². The molecule has 92 valence electrons. The molecule has 5 heteroatoms. The molecule has 0 aromatic carbocycles. The summed E-state index contributed by atoms with van der Waals surface area (Å²) in [5.41, 5.74) is 0. The Labute approximate surface area is 96.3 Å². The molecule has 1 rings (SSSR count). The molecule has 1 N–H and O–H groups in total. The Morgan fingerprint density at radius 1 is 1.31 bits per heavy atom. The van der Waals surface area contributed by atoms with E-state index in [1.807, 2.05) is 0 Å². The van der Waals surface area contributed by atoms with Crippen LogP contribution in [0, 0.1) is 0 Å². The summed E-state index contributed by atoms with van der Waals surface area (Å²) in [6.45, 7) is 8.70. The van der Waals surface area contributed by atoms with E-state index >= 15 is 0 Å². The van der Waals surface area contributed by atoms with Crippen molar-refractivity contribution in [3.63, 3.8) is 0 Å². The van der Waals surface area contributed by atoms with Gasteiger partial charge in [0.05, 0.1) is 19.8 Å². The molecule has 0 aromatic rings. The number of aliphatic hydroxyl groups excluding tert-OH is 1. The molecule has 1 aliphatic heterocycles. The average Bonchev–Trinajstić information content (AvgIpc) is 2.34. The van der Waals surface area contributed by atoms with Gasteiger partial charge >= 0.3 is 0 Å². The number of piperazine rings is 1. The second-order valence-electron chi connectivity index (χ2n) is 3.71. The van der Waals surface area contributed by atoms with E-state index in [2.05, 4.69) is 11.5 Å². The third-order valence-electron chi connectivity index (χ3n) is 2.65. The molecule has 0 spiro atoms. The van der Waals surface area contributed by atoms with Crippen molar-refractivity contribution in [1.82, 2.24) is 9.80 Å². The van der Waals surface area contributed by atoms with E-state index in [1.54, 1.807) is 4.90 Å². The van der Waals surface area contributed by atoms with Crippen LogP contribution >= 0.6 is 0 Å². The topological polar surface area (TPSA) is 53.0 Å². The van der Waals surface area contributed by atoms with Crippen molar-refractivity contribution in [3.05, 3.63) is 12.7 Å². The summed E-state index contributed by atoms with van der Waals surface area (Å²) in [7, 11) is 0. The van der Waals surface area contributed by atoms with Gasteiger partial charge in [0.15, 0.2) is 0 Å². The second kappa shape index (κ2) is 7.38. The molecular weight excluding hydrogens is 208 g/mol. The minimum Gasteiger partial charge on any atom is -0.394 e. The number of rotatable bonds is 6. The number of amides is 1. The standard InChI is InChI=1S/C11H20N2O3/c1-2-11(15)13-5-3-12(4-6-13)7-9-16-10-8-14/h2,14H,1,3-10H2. The molecule has 0 radical (unpaired) electrons. The third kappa shape index (κ3) is 4.30. The Kier molecular flexibility index (Phi) is 6.07. The normalized spacial score (nSPS) is 17.4. The minimum absolute atomic E-state index is 0.0104. The number of ether oxygens (including phenoxy) is 1. The molecule has 1 heterocycles. The van der Waals surface area contributed by atoms with Gasteiger partial charge in [-0.2, -0.15) is 0 Å². The Morgan fingerprint density at radius 3 is 2.56 bits per heavy atom. The maximum atomic E-state index is 11.3. The molecule has 1 amide bonds. The highest BCUT2D eigenvalue weighted by Crippen LogP contribution is 2.02. The van der Waals surface area contributed by atoms with E-state index in [4.69, 9.17) is 9.84 Å². The van der Waals surface area contributed by atoms with Crippen LogP contribution in [-0.4, -0.2) is 73.4 Å². The van der Waals surface area contributed by atoms with Gasteiger partial charge in [0.1, 0.15) is 0 Å². The lowest BCUT2D eigenvalue weighted by atomic mass is 10.3. The predicted octanol–water partition coefficient (Wildman–Crippen LogP) is -0.674. The van der Waals surface area contributed by atoms with Crippen LogP contribution < -0.4 is 0 Å². The van der Waals surface area contributed by atoms with E-state index in [9.17, 15) is 4.79 Å². The second-order valence-corrected chi connectivity index (χ2v) is 3.71. The molecule has 1 saturated heterocycles. The molecule has 0 aromatic heterocycles. The molecule has 16 heavy (non-hydrogen) atoms. The fourth-order valence-electron chi connectivity index (χ4n) is 1.68. The molecule has 0 saturated carbocycles. The Balaban J connectivity index is 2.12. The molecule has 0 atom stereocenters. The third-order valence-corrected chi connectivity index (χ3v) is 2.65. The van der Waals surface area contributed by atoms with Crippen molar-refractivity contribution in [1.29, 1.82) is 0 Å². The highest BCUT2D eigenvalue weighted by molar-refractivity contribution is 5.87. The first kappa shape index (κ1) is 13.2. The lowest BCUT2D eigenvalue weighted by molar-refractivity contribution is -0.127. The van der Waals surface area contributed by atoms with Crippen LogP contribution in [0.3, 0.4) is 0 Å². The summed E-state index contributed by atoms with van der Waals surface area (Å²) in [6, 6.07) is 0. The minimum atomic E-state index is 0.0104. The van der Waals surface area contributed by atoms with E-state index in [1.165, 1.54) is 6.08 Å². The predicted molar refractivity (Wildman–Crippen MR) is 61.1 cm³/mol. The van der Waals surface area contributed by atoms with Gasteiger partial charge in [-0.25, -0.2) is 0 Å². The Hall–Kier alpha value is -0.910. The van der Waals surface area contributed by atoms with E-state index in [-0.39, 0.29) is 12.5 Å². The molecule has 1 aliphatic rings. The SMILES string of the molecule is C=CC(=O)N1CCN(CCOCCO)CC1. The molecule has 0 unspecified atom stereocenters. The molecule has 0 bridgehead atoms. The summed E-state index contributed by atoms with van der Waals surface area (Å²) >= 11 is 0. The van der Waals surface area contributed by atoms with E-state index in [0.717, 1.165) is 32.7 Å². The highest BCUT2D eigenvalue weighted by atomic mass is 16.5. The number of hydrogen-bond acceptors (Lipinski definition) is 4. The maximum absolute atomic E-state index is 11.3. The zero-order chi connectivity index (χ0) is 11.8. The molecule has 1 fully saturated rings. The number of nitrogens with zero attached hydrogens (tertiary/aromatic N) is 2. The van der Waals surface area contributed by atoms with Gasteiger partial charge in [0, 0.05) is 32.7 Å².